The fourth-order valence-electron chi connectivity index (χ4n) is 12.0. The summed E-state index contributed by atoms with van der Waals surface area (Å²) in [5, 5.41) is 47.8. The molecule has 0 spiro atoms. The smallest absolute Gasteiger partial charge is 0.333 e. The molecular formula is C40H64O8. The summed E-state index contributed by atoms with van der Waals surface area (Å²) in [7, 11) is 0. The SMILES string of the molecule is C/C=C(/C)C(=O)O[C@H]1[C@H](OC(=O)C(C)CC)[C@@]2(CO)C(CC1(C)C)C1=CCC3C4(C)CC[C@H](O)C(C)(C)C4CC[C@@]3(C)[C@]1(C)[C@@H](O)[C@H]2O. The van der Waals surface area contributed by atoms with Crippen molar-refractivity contribution >= 4 is 11.9 Å². The van der Waals surface area contributed by atoms with Crippen molar-refractivity contribution in [1.82, 2.24) is 0 Å². The van der Waals surface area contributed by atoms with E-state index in [-0.39, 0.29) is 28.3 Å². The van der Waals surface area contributed by atoms with Crippen molar-refractivity contribution in [2.24, 2.45) is 56.2 Å². The molecule has 0 aliphatic heterocycles. The van der Waals surface area contributed by atoms with Crippen LogP contribution in [0.3, 0.4) is 0 Å². The molecule has 0 radical (unpaired) electrons. The monoisotopic (exact) mass is 672 g/mol. The van der Waals surface area contributed by atoms with E-state index < -0.39 is 71.0 Å². The summed E-state index contributed by atoms with van der Waals surface area (Å²) in [6, 6.07) is 0. The zero-order valence-corrected chi connectivity index (χ0v) is 31.4. The number of aliphatic hydroxyl groups excluding tert-OH is 4. The Morgan fingerprint density at radius 2 is 1.60 bits per heavy atom. The van der Waals surface area contributed by atoms with Gasteiger partial charge in [-0.3, -0.25) is 4.79 Å². The number of hydrogen-bond acceptors (Lipinski definition) is 8. The van der Waals surface area contributed by atoms with Crippen molar-refractivity contribution in [2.45, 2.75) is 152 Å². The molecule has 4 N–H and O–H groups in total. The fraction of sp³-hybridized carbons (Fsp3) is 0.850. The second kappa shape index (κ2) is 12.2. The lowest BCUT2D eigenvalue weighted by Gasteiger charge is -2.73. The van der Waals surface area contributed by atoms with Gasteiger partial charge < -0.3 is 29.9 Å². The first-order valence-electron chi connectivity index (χ1n) is 18.6. The number of hydrogen-bond donors (Lipinski definition) is 4. The Bertz CT molecular complexity index is 1350. The molecule has 4 saturated carbocycles. The van der Waals surface area contributed by atoms with Crippen LogP contribution in [0.2, 0.25) is 0 Å². The molecule has 48 heavy (non-hydrogen) atoms. The minimum atomic E-state index is -1.50. The molecule has 0 aromatic rings. The van der Waals surface area contributed by atoms with Crippen LogP contribution in [0.5, 0.6) is 0 Å². The van der Waals surface area contributed by atoms with E-state index in [1.807, 2.05) is 20.8 Å². The maximum atomic E-state index is 13.6. The predicted octanol–water partition coefficient (Wildman–Crippen LogP) is 6.14. The lowest BCUT2D eigenvalue weighted by atomic mass is 9.32. The van der Waals surface area contributed by atoms with Gasteiger partial charge in [-0.2, -0.15) is 0 Å². The van der Waals surface area contributed by atoms with Crippen LogP contribution < -0.4 is 0 Å². The average molecular weight is 673 g/mol. The van der Waals surface area contributed by atoms with Gasteiger partial charge in [0.15, 0.2) is 6.10 Å². The average Bonchev–Trinajstić information content (AvgIpc) is 3.03. The molecule has 5 aliphatic rings. The molecule has 272 valence electrons. The largest absolute Gasteiger partial charge is 0.457 e. The Hall–Kier alpha value is -1.74. The topological polar surface area (TPSA) is 134 Å². The first-order valence-corrected chi connectivity index (χ1v) is 18.6. The molecule has 0 heterocycles. The van der Waals surface area contributed by atoms with Crippen LogP contribution in [0.15, 0.2) is 23.3 Å². The summed E-state index contributed by atoms with van der Waals surface area (Å²) in [5.41, 5.74) is -2.30. The second-order valence-corrected chi connectivity index (χ2v) is 18.4. The molecule has 13 atom stereocenters. The van der Waals surface area contributed by atoms with Crippen LogP contribution in [-0.4, -0.2) is 69.5 Å². The summed E-state index contributed by atoms with van der Waals surface area (Å²) in [4.78, 5) is 26.9. The van der Waals surface area contributed by atoms with E-state index in [4.69, 9.17) is 9.47 Å². The number of aliphatic hydroxyl groups is 4. The minimum absolute atomic E-state index is 0.0684. The van der Waals surface area contributed by atoms with Crippen LogP contribution in [0.4, 0.5) is 0 Å². The summed E-state index contributed by atoms with van der Waals surface area (Å²) in [5.74, 6) is -1.39. The number of allylic oxidation sites excluding steroid dienone is 2. The lowest BCUT2D eigenvalue weighted by molar-refractivity contribution is -0.293. The van der Waals surface area contributed by atoms with Crippen molar-refractivity contribution in [3.05, 3.63) is 23.3 Å². The molecule has 5 aliphatic carbocycles. The highest BCUT2D eigenvalue weighted by Crippen LogP contribution is 2.76. The standard InChI is InChI=1S/C40H64O8/c1-12-22(3)33(45)47-31-32(48-34(46)23(4)13-2)40(21-41)25(20-35(31,5)6)24-14-15-27-37(9)18-17-28(42)36(7,8)26(37)16-19-38(27,10)39(24,11)29(43)30(40)44/h12,14,23,25-32,41-44H,13,15-21H2,1-11H3/b22-12-/t23?,25?,26?,27?,28-,29-,30+,31-,32-,37?,38+,39-,40-/m0/s1. The lowest BCUT2D eigenvalue weighted by Crippen LogP contribution is -2.76. The second-order valence-electron chi connectivity index (χ2n) is 18.4. The molecule has 5 unspecified atom stereocenters. The number of fused-ring (bicyclic) bond motifs is 7. The van der Waals surface area contributed by atoms with E-state index in [1.165, 1.54) is 0 Å². The Kier molecular flexibility index (Phi) is 9.53. The highest BCUT2D eigenvalue weighted by molar-refractivity contribution is 5.87. The normalized spacial score (nSPS) is 46.9. The summed E-state index contributed by atoms with van der Waals surface area (Å²) in [6.07, 6.45) is 3.88. The Labute approximate surface area is 288 Å². The van der Waals surface area contributed by atoms with Gasteiger partial charge in [-0.05, 0) is 92.8 Å². The number of rotatable bonds is 6. The van der Waals surface area contributed by atoms with Crippen LogP contribution in [0, 0.1) is 56.2 Å². The van der Waals surface area contributed by atoms with Gasteiger partial charge in [0.1, 0.15) is 6.10 Å². The van der Waals surface area contributed by atoms with Crippen molar-refractivity contribution in [3.8, 4) is 0 Å². The maximum absolute atomic E-state index is 13.6. The molecule has 8 nitrogen and oxygen atoms in total. The maximum Gasteiger partial charge on any atom is 0.333 e. The van der Waals surface area contributed by atoms with Crippen molar-refractivity contribution in [1.29, 1.82) is 0 Å². The van der Waals surface area contributed by atoms with Gasteiger partial charge in [0, 0.05) is 16.4 Å². The van der Waals surface area contributed by atoms with E-state index in [2.05, 4.69) is 40.7 Å². The first-order chi connectivity index (χ1) is 22.2. The molecule has 0 bridgehead atoms. The third kappa shape index (κ3) is 4.88. The Morgan fingerprint density at radius 3 is 2.19 bits per heavy atom. The summed E-state index contributed by atoms with van der Waals surface area (Å²) in [6.45, 7) is 21.8. The zero-order valence-electron chi connectivity index (χ0n) is 31.4. The van der Waals surface area contributed by atoms with Crippen molar-refractivity contribution < 1.29 is 39.5 Å². The molecule has 5 rings (SSSR count). The van der Waals surface area contributed by atoms with E-state index in [0.717, 1.165) is 37.7 Å². The summed E-state index contributed by atoms with van der Waals surface area (Å²) < 4.78 is 12.5. The number of ether oxygens (including phenoxy) is 2. The van der Waals surface area contributed by atoms with Crippen molar-refractivity contribution in [3.63, 3.8) is 0 Å². The molecule has 0 aromatic carbocycles. The highest BCUT2D eigenvalue weighted by Gasteiger charge is 2.76. The number of carbonyl (C=O) groups excluding carboxylic acids is 2. The quantitative estimate of drug-likeness (QED) is 0.150. The third-order valence-corrected chi connectivity index (χ3v) is 15.7. The third-order valence-electron chi connectivity index (χ3n) is 15.7. The van der Waals surface area contributed by atoms with Crippen LogP contribution >= 0.6 is 0 Å². The highest BCUT2D eigenvalue weighted by atomic mass is 16.6. The zero-order chi connectivity index (χ0) is 36.0. The number of esters is 2. The first kappa shape index (κ1) is 37.5. The minimum Gasteiger partial charge on any atom is -0.457 e. The van der Waals surface area contributed by atoms with Crippen molar-refractivity contribution in [2.75, 3.05) is 6.61 Å². The summed E-state index contributed by atoms with van der Waals surface area (Å²) >= 11 is 0. The molecule has 8 heteroatoms. The van der Waals surface area contributed by atoms with Gasteiger partial charge >= 0.3 is 11.9 Å². The molecule has 4 fully saturated rings. The number of carbonyl (C=O) groups is 2. The van der Waals surface area contributed by atoms with Gasteiger partial charge in [0.25, 0.3) is 0 Å². The van der Waals surface area contributed by atoms with E-state index in [1.54, 1.807) is 26.8 Å². The molecule has 0 amide bonds. The van der Waals surface area contributed by atoms with Gasteiger partial charge in [-0.15, -0.1) is 0 Å². The Morgan fingerprint density at radius 1 is 0.958 bits per heavy atom. The molecule has 0 aromatic heterocycles. The Balaban J connectivity index is 1.68. The van der Waals surface area contributed by atoms with Crippen LogP contribution in [0.25, 0.3) is 0 Å². The van der Waals surface area contributed by atoms with Crippen LogP contribution in [-0.2, 0) is 19.1 Å². The van der Waals surface area contributed by atoms with E-state index >= 15 is 0 Å². The fourth-order valence-corrected chi connectivity index (χ4v) is 12.0. The molecule has 0 saturated heterocycles. The molecular weight excluding hydrogens is 608 g/mol. The van der Waals surface area contributed by atoms with E-state index in [0.29, 0.717) is 24.3 Å². The van der Waals surface area contributed by atoms with Gasteiger partial charge in [0.2, 0.25) is 0 Å². The van der Waals surface area contributed by atoms with Gasteiger partial charge in [0.05, 0.1) is 36.3 Å². The van der Waals surface area contributed by atoms with Gasteiger partial charge in [-0.1, -0.05) is 80.0 Å². The predicted molar refractivity (Wildman–Crippen MR) is 184 cm³/mol. The van der Waals surface area contributed by atoms with Gasteiger partial charge in [-0.25, -0.2) is 4.79 Å². The van der Waals surface area contributed by atoms with E-state index in [9.17, 15) is 30.0 Å². The van der Waals surface area contributed by atoms with Crippen LogP contribution in [0.1, 0.15) is 121 Å².